The van der Waals surface area contributed by atoms with Crippen LogP contribution in [0.5, 0.6) is 0 Å². The first-order chi connectivity index (χ1) is 8.86. The molecular formula is C16H24N2O. The van der Waals surface area contributed by atoms with E-state index in [1.807, 2.05) is 6.07 Å². The lowest BCUT2D eigenvalue weighted by atomic mass is 9.79. The minimum Gasteiger partial charge on any atom is -0.411 e. The van der Waals surface area contributed by atoms with E-state index in [9.17, 15) is 0 Å². The van der Waals surface area contributed by atoms with Crippen molar-refractivity contribution in [3.05, 3.63) is 29.3 Å². The number of anilines is 1. The van der Waals surface area contributed by atoms with Crippen LogP contribution in [0.15, 0.2) is 23.4 Å². The van der Waals surface area contributed by atoms with E-state index in [-0.39, 0.29) is 5.54 Å². The largest absolute Gasteiger partial charge is 0.411 e. The van der Waals surface area contributed by atoms with E-state index in [1.165, 1.54) is 17.5 Å². The normalized spacial score (nSPS) is 22.0. The number of oxime groups is 1. The smallest absolute Gasteiger partial charge is 0.0733 e. The first kappa shape index (κ1) is 13.9. The maximum absolute atomic E-state index is 8.67. The average Bonchev–Trinajstić information content (AvgIpc) is 2.28. The molecule has 0 saturated carbocycles. The summed E-state index contributed by atoms with van der Waals surface area (Å²) in [5, 5.41) is 11.8. The monoisotopic (exact) mass is 260 g/mol. The Hall–Kier alpha value is -1.51. The molecule has 0 amide bonds. The summed E-state index contributed by atoms with van der Waals surface area (Å²) in [6, 6.07) is 6.79. The Labute approximate surface area is 115 Å². The molecule has 104 valence electrons. The number of fused-ring (bicyclic) bond motifs is 1. The fraction of sp³-hybridized carbons (Fsp3) is 0.562. The lowest BCUT2D eigenvalue weighted by Gasteiger charge is -2.50. The summed E-state index contributed by atoms with van der Waals surface area (Å²) in [6.45, 7) is 11.4. The molecule has 0 bridgehead atoms. The zero-order valence-corrected chi connectivity index (χ0v) is 12.5. The van der Waals surface area contributed by atoms with Crippen molar-refractivity contribution in [1.29, 1.82) is 0 Å². The highest BCUT2D eigenvalue weighted by atomic mass is 16.4. The molecule has 0 radical (unpaired) electrons. The second-order valence-corrected chi connectivity index (χ2v) is 6.44. The van der Waals surface area contributed by atoms with Gasteiger partial charge in [0.05, 0.1) is 6.21 Å². The molecule has 0 unspecified atom stereocenters. The summed E-state index contributed by atoms with van der Waals surface area (Å²) >= 11 is 0. The van der Waals surface area contributed by atoms with Crippen LogP contribution in [0.4, 0.5) is 5.69 Å². The van der Waals surface area contributed by atoms with Crippen molar-refractivity contribution in [2.24, 2.45) is 5.16 Å². The quantitative estimate of drug-likeness (QED) is 0.495. The predicted octanol–water partition coefficient (Wildman–Crippen LogP) is 4.00. The van der Waals surface area contributed by atoms with Gasteiger partial charge in [0.15, 0.2) is 0 Å². The van der Waals surface area contributed by atoms with Crippen molar-refractivity contribution in [3.63, 3.8) is 0 Å². The van der Waals surface area contributed by atoms with Crippen LogP contribution >= 0.6 is 0 Å². The van der Waals surface area contributed by atoms with Crippen LogP contribution in [-0.2, 0) is 0 Å². The van der Waals surface area contributed by atoms with Crippen molar-refractivity contribution in [1.82, 2.24) is 0 Å². The minimum absolute atomic E-state index is 0.174. The van der Waals surface area contributed by atoms with Crippen molar-refractivity contribution in [2.75, 3.05) is 4.90 Å². The van der Waals surface area contributed by atoms with Crippen LogP contribution in [0.2, 0.25) is 0 Å². The molecule has 0 aliphatic carbocycles. The van der Waals surface area contributed by atoms with Gasteiger partial charge in [0.1, 0.15) is 0 Å². The molecule has 1 aliphatic heterocycles. The van der Waals surface area contributed by atoms with E-state index in [0.717, 1.165) is 12.0 Å². The van der Waals surface area contributed by atoms with Gasteiger partial charge < -0.3 is 10.1 Å². The van der Waals surface area contributed by atoms with Crippen LogP contribution in [-0.4, -0.2) is 23.0 Å². The molecule has 3 heteroatoms. The van der Waals surface area contributed by atoms with Gasteiger partial charge in [-0.25, -0.2) is 0 Å². The van der Waals surface area contributed by atoms with Crippen molar-refractivity contribution in [2.45, 2.75) is 58.5 Å². The van der Waals surface area contributed by atoms with Crippen LogP contribution < -0.4 is 4.90 Å². The van der Waals surface area contributed by atoms with Gasteiger partial charge in [-0.2, -0.15) is 0 Å². The third-order valence-electron chi connectivity index (χ3n) is 4.02. The highest BCUT2D eigenvalue weighted by Crippen LogP contribution is 2.44. The molecular weight excluding hydrogens is 236 g/mol. The van der Waals surface area contributed by atoms with Gasteiger partial charge in [0.2, 0.25) is 0 Å². The van der Waals surface area contributed by atoms with Crippen LogP contribution in [0, 0.1) is 0 Å². The lowest BCUT2D eigenvalue weighted by molar-refractivity contribution is 0.322. The Kier molecular flexibility index (Phi) is 3.57. The summed E-state index contributed by atoms with van der Waals surface area (Å²) in [4.78, 5) is 2.50. The Bertz CT molecular complexity index is 492. The summed E-state index contributed by atoms with van der Waals surface area (Å²) in [5.41, 5.74) is 3.79. The summed E-state index contributed by atoms with van der Waals surface area (Å²) < 4.78 is 0. The molecule has 1 heterocycles. The van der Waals surface area contributed by atoms with E-state index in [2.05, 4.69) is 56.8 Å². The van der Waals surface area contributed by atoms with E-state index in [0.29, 0.717) is 12.0 Å². The first-order valence-electron chi connectivity index (χ1n) is 6.97. The predicted molar refractivity (Wildman–Crippen MR) is 80.5 cm³/mol. The van der Waals surface area contributed by atoms with Crippen LogP contribution in [0.3, 0.4) is 0 Å². The molecule has 0 fully saturated rings. The molecule has 0 spiro atoms. The van der Waals surface area contributed by atoms with Gasteiger partial charge in [-0.05, 0) is 63.3 Å². The minimum atomic E-state index is 0.174. The fourth-order valence-electron chi connectivity index (χ4n) is 3.59. The fourth-order valence-corrected chi connectivity index (χ4v) is 3.59. The van der Waals surface area contributed by atoms with E-state index >= 15 is 0 Å². The van der Waals surface area contributed by atoms with E-state index in [4.69, 9.17) is 5.21 Å². The van der Waals surface area contributed by atoms with Crippen molar-refractivity contribution >= 4 is 11.9 Å². The molecule has 19 heavy (non-hydrogen) atoms. The molecule has 1 N–H and O–H groups in total. The number of rotatable bonds is 2. The van der Waals surface area contributed by atoms with E-state index in [1.54, 1.807) is 0 Å². The van der Waals surface area contributed by atoms with Crippen LogP contribution in [0.1, 0.15) is 58.1 Å². The molecule has 2 rings (SSSR count). The van der Waals surface area contributed by atoms with Crippen molar-refractivity contribution < 1.29 is 5.21 Å². The third kappa shape index (κ3) is 2.46. The lowest BCUT2D eigenvalue weighted by Crippen LogP contribution is -2.51. The molecule has 1 aromatic carbocycles. The maximum atomic E-state index is 8.67. The summed E-state index contributed by atoms with van der Waals surface area (Å²) in [5.74, 6) is 0.520. The summed E-state index contributed by atoms with van der Waals surface area (Å²) in [6.07, 6.45) is 2.63. The Morgan fingerprint density at radius 2 is 2.11 bits per heavy atom. The Morgan fingerprint density at radius 1 is 1.42 bits per heavy atom. The summed E-state index contributed by atoms with van der Waals surface area (Å²) in [7, 11) is 0. The van der Waals surface area contributed by atoms with E-state index < -0.39 is 0 Å². The number of benzene rings is 1. The third-order valence-corrected chi connectivity index (χ3v) is 4.02. The van der Waals surface area contributed by atoms with Gasteiger partial charge in [-0.15, -0.1) is 0 Å². The molecule has 0 aromatic heterocycles. The number of hydrogen-bond donors (Lipinski definition) is 1. The van der Waals surface area contributed by atoms with Crippen molar-refractivity contribution in [3.8, 4) is 0 Å². The molecule has 1 aromatic rings. The maximum Gasteiger partial charge on any atom is 0.0733 e. The first-order valence-corrected chi connectivity index (χ1v) is 6.97. The standard InChI is InChI=1S/C16H24N2O/c1-11(2)18-15-7-6-13(10-17-19)8-14(15)12(3)9-16(18,4)5/h6-8,10-12,19H,9H2,1-5H3/t12-/m0/s1. The average molecular weight is 260 g/mol. The highest BCUT2D eigenvalue weighted by Gasteiger charge is 2.37. The second kappa shape index (κ2) is 4.87. The van der Waals surface area contributed by atoms with Gasteiger partial charge in [-0.1, -0.05) is 18.1 Å². The zero-order valence-electron chi connectivity index (χ0n) is 12.5. The van der Waals surface area contributed by atoms with Gasteiger partial charge in [0.25, 0.3) is 0 Å². The Balaban J connectivity index is 2.55. The van der Waals surface area contributed by atoms with Crippen LogP contribution in [0.25, 0.3) is 0 Å². The zero-order chi connectivity index (χ0) is 14.2. The molecule has 1 aliphatic rings. The topological polar surface area (TPSA) is 35.8 Å². The molecule has 3 nitrogen and oxygen atoms in total. The molecule has 1 atom stereocenters. The Morgan fingerprint density at radius 3 is 2.68 bits per heavy atom. The number of nitrogens with zero attached hydrogens (tertiary/aromatic N) is 2. The highest BCUT2D eigenvalue weighted by molar-refractivity contribution is 5.81. The SMILES string of the molecule is CC(C)N1c2ccc(C=NO)cc2[C@@H](C)CC1(C)C. The number of hydrogen-bond acceptors (Lipinski definition) is 3. The van der Waals surface area contributed by atoms with Gasteiger partial charge in [-0.3, -0.25) is 0 Å². The molecule has 0 saturated heterocycles. The second-order valence-electron chi connectivity index (χ2n) is 6.44. The van der Waals surface area contributed by atoms with Gasteiger partial charge in [0, 0.05) is 17.3 Å². The van der Waals surface area contributed by atoms with Gasteiger partial charge >= 0.3 is 0 Å².